The molecule has 0 amide bonds. The van der Waals surface area contributed by atoms with Crippen LogP contribution in [0.4, 0.5) is 0 Å². The van der Waals surface area contributed by atoms with Crippen molar-refractivity contribution in [1.29, 1.82) is 0 Å². The Morgan fingerprint density at radius 3 is 1.22 bits per heavy atom. The number of fused-ring (bicyclic) bond motifs is 3. The smallest absolute Gasteiger partial charge is 0.181 e. The summed E-state index contributed by atoms with van der Waals surface area (Å²) < 4.78 is 2.12. The molecule has 0 saturated carbocycles. The fraction of sp³-hybridized carbons (Fsp3) is 0. The van der Waals surface area contributed by atoms with Gasteiger partial charge < -0.3 is 0 Å². The second kappa shape index (κ2) is 13.8. The van der Waals surface area contributed by atoms with Crippen LogP contribution in [0.3, 0.4) is 0 Å². The van der Waals surface area contributed by atoms with Crippen molar-refractivity contribution in [2.24, 2.45) is 0 Å². The van der Waals surface area contributed by atoms with Gasteiger partial charge in [-0.2, -0.15) is 0 Å². The molecule has 0 unspecified atom stereocenters. The van der Waals surface area contributed by atoms with Crippen LogP contribution in [-0.4, -0.2) is 29.3 Å². The highest BCUT2D eigenvalue weighted by atomic mass is 15.1. The summed E-state index contributed by atoms with van der Waals surface area (Å²) in [5.74, 6) is 3.07. The Morgan fingerprint density at radius 2 is 0.673 bits per heavy atom. The van der Waals surface area contributed by atoms with E-state index in [1.807, 2.05) is 66.7 Å². The molecular weight excluding hydrogens is 673 g/mol. The molecule has 55 heavy (non-hydrogen) atoms. The molecule has 6 nitrogen and oxygen atoms in total. The molecule has 0 aliphatic rings. The molecule has 258 valence electrons. The van der Waals surface area contributed by atoms with Gasteiger partial charge >= 0.3 is 0 Å². The maximum Gasteiger partial charge on any atom is 0.181 e. The van der Waals surface area contributed by atoms with Crippen LogP contribution in [0.15, 0.2) is 194 Å². The van der Waals surface area contributed by atoms with Crippen molar-refractivity contribution < 1.29 is 0 Å². The minimum Gasteiger partial charge on any atom is -0.273 e. The summed E-state index contributed by atoms with van der Waals surface area (Å²) in [4.78, 5) is 26.3. The Labute approximate surface area is 318 Å². The number of aromatic nitrogens is 6. The molecule has 0 spiro atoms. The van der Waals surface area contributed by atoms with Crippen molar-refractivity contribution in [3.05, 3.63) is 194 Å². The number of benzene rings is 7. The van der Waals surface area contributed by atoms with E-state index in [1.54, 1.807) is 0 Å². The number of rotatable bonds is 7. The highest BCUT2D eigenvalue weighted by Crippen LogP contribution is 2.38. The fourth-order valence-corrected chi connectivity index (χ4v) is 7.22. The third-order valence-corrected chi connectivity index (χ3v) is 9.86. The minimum atomic E-state index is 0.527. The zero-order valence-electron chi connectivity index (χ0n) is 29.7. The highest BCUT2D eigenvalue weighted by molar-refractivity contribution is 6.05. The summed E-state index contributed by atoms with van der Waals surface area (Å²) in [5.41, 5.74) is 9.66. The summed E-state index contributed by atoms with van der Waals surface area (Å²) in [6, 6.07) is 66.2. The van der Waals surface area contributed by atoms with Crippen LogP contribution in [0.5, 0.6) is 0 Å². The summed E-state index contributed by atoms with van der Waals surface area (Å²) in [6.07, 6.45) is 0. The van der Waals surface area contributed by atoms with Gasteiger partial charge in [0.15, 0.2) is 23.3 Å². The van der Waals surface area contributed by atoms with Gasteiger partial charge in [0.1, 0.15) is 17.2 Å². The highest BCUT2D eigenvalue weighted by Gasteiger charge is 2.24. The van der Waals surface area contributed by atoms with Crippen LogP contribution in [0.2, 0.25) is 0 Å². The van der Waals surface area contributed by atoms with E-state index in [-0.39, 0.29) is 0 Å². The zero-order valence-corrected chi connectivity index (χ0v) is 29.7. The van der Waals surface area contributed by atoms with Gasteiger partial charge in [0, 0.05) is 33.0 Å². The molecule has 0 radical (unpaired) electrons. The van der Waals surface area contributed by atoms with E-state index < -0.39 is 0 Å². The Balaban J connectivity index is 1.27. The third kappa shape index (κ3) is 6.02. The van der Waals surface area contributed by atoms with Crippen LogP contribution < -0.4 is 0 Å². The van der Waals surface area contributed by atoms with Crippen LogP contribution in [0, 0.1) is 0 Å². The summed E-state index contributed by atoms with van der Waals surface area (Å²) in [6.45, 7) is 0. The summed E-state index contributed by atoms with van der Waals surface area (Å²) in [7, 11) is 0. The van der Waals surface area contributed by atoms with Crippen molar-refractivity contribution in [2.45, 2.75) is 0 Å². The minimum absolute atomic E-state index is 0.527. The van der Waals surface area contributed by atoms with E-state index in [0.717, 1.165) is 72.4 Å². The van der Waals surface area contributed by atoms with Gasteiger partial charge in [0.2, 0.25) is 0 Å². The van der Waals surface area contributed by atoms with Gasteiger partial charge in [-0.05, 0) is 34.4 Å². The van der Waals surface area contributed by atoms with E-state index in [0.29, 0.717) is 23.3 Å². The fourth-order valence-electron chi connectivity index (χ4n) is 7.22. The number of hydrogen-bond acceptors (Lipinski definition) is 5. The Hall–Kier alpha value is -7.57. The molecule has 0 saturated heterocycles. The quantitative estimate of drug-likeness (QED) is 0.165. The predicted octanol–water partition coefficient (Wildman–Crippen LogP) is 11.7. The Kier molecular flexibility index (Phi) is 8.04. The van der Waals surface area contributed by atoms with E-state index >= 15 is 0 Å². The second-order valence-electron chi connectivity index (χ2n) is 13.4. The molecule has 3 aromatic heterocycles. The number of nitrogens with zero attached hydrogens (tertiary/aromatic N) is 6. The Morgan fingerprint density at radius 1 is 0.273 bits per heavy atom. The van der Waals surface area contributed by atoms with Gasteiger partial charge in [-0.1, -0.05) is 182 Å². The predicted molar refractivity (Wildman–Crippen MR) is 222 cm³/mol. The van der Waals surface area contributed by atoms with Crippen LogP contribution in [-0.2, 0) is 0 Å². The van der Waals surface area contributed by atoms with Gasteiger partial charge in [0.25, 0.3) is 0 Å². The zero-order chi connectivity index (χ0) is 36.6. The van der Waals surface area contributed by atoms with Gasteiger partial charge in [-0.15, -0.1) is 0 Å². The van der Waals surface area contributed by atoms with Gasteiger partial charge in [-0.25, -0.2) is 24.9 Å². The first kappa shape index (κ1) is 32.1. The van der Waals surface area contributed by atoms with Crippen molar-refractivity contribution >= 4 is 16.4 Å². The van der Waals surface area contributed by atoms with E-state index in [2.05, 4.69) is 132 Å². The van der Waals surface area contributed by atoms with Crippen molar-refractivity contribution in [3.8, 4) is 79.3 Å². The molecule has 0 atom stereocenters. The lowest BCUT2D eigenvalue weighted by molar-refractivity contribution is 1.01. The van der Waals surface area contributed by atoms with Crippen LogP contribution in [0.1, 0.15) is 0 Å². The SMILES string of the molecule is c1ccc(-c2cccc(-c3nc(-c4cccc(-c5ccccc5)c4)nc(-c4c5ccccc5c5nc(-c6ccccc6)nc(-c6ccccc6)n45)n3)c2)cc1. The van der Waals surface area contributed by atoms with Crippen molar-refractivity contribution in [2.75, 3.05) is 0 Å². The first-order valence-corrected chi connectivity index (χ1v) is 18.3. The molecule has 0 aliphatic heterocycles. The topological polar surface area (TPSA) is 68.9 Å². The van der Waals surface area contributed by atoms with E-state index in [1.165, 1.54) is 0 Å². The monoisotopic (exact) mass is 704 g/mol. The second-order valence-corrected chi connectivity index (χ2v) is 13.4. The molecule has 6 heteroatoms. The van der Waals surface area contributed by atoms with E-state index in [4.69, 9.17) is 24.9 Å². The van der Waals surface area contributed by atoms with Crippen molar-refractivity contribution in [3.63, 3.8) is 0 Å². The maximum absolute atomic E-state index is 5.30. The van der Waals surface area contributed by atoms with Gasteiger partial charge in [0.05, 0.1) is 0 Å². The lowest BCUT2D eigenvalue weighted by Gasteiger charge is -2.13. The number of hydrogen-bond donors (Lipinski definition) is 0. The molecule has 0 aliphatic carbocycles. The summed E-state index contributed by atoms with van der Waals surface area (Å²) >= 11 is 0. The molecule has 10 rings (SSSR count). The van der Waals surface area contributed by atoms with Gasteiger partial charge in [-0.3, -0.25) is 4.40 Å². The largest absolute Gasteiger partial charge is 0.273 e. The lowest BCUT2D eigenvalue weighted by atomic mass is 10.0. The molecule has 0 bridgehead atoms. The molecule has 10 aromatic rings. The normalized spacial score (nSPS) is 11.3. The first-order valence-electron chi connectivity index (χ1n) is 18.3. The molecule has 7 aromatic carbocycles. The molecular formula is C49H32N6. The molecule has 3 heterocycles. The average molecular weight is 705 g/mol. The van der Waals surface area contributed by atoms with Crippen molar-refractivity contribution in [1.82, 2.24) is 29.3 Å². The Bertz CT molecular complexity index is 2860. The molecule has 0 fully saturated rings. The molecule has 0 N–H and O–H groups in total. The maximum atomic E-state index is 5.30. The van der Waals surface area contributed by atoms with E-state index in [9.17, 15) is 0 Å². The van der Waals surface area contributed by atoms with Crippen LogP contribution >= 0.6 is 0 Å². The average Bonchev–Trinajstić information content (AvgIpc) is 3.61. The van der Waals surface area contributed by atoms with Crippen LogP contribution in [0.25, 0.3) is 95.7 Å². The lowest BCUT2D eigenvalue weighted by Crippen LogP contribution is -2.06. The summed E-state index contributed by atoms with van der Waals surface area (Å²) in [5, 5.41) is 1.95. The standard InChI is InChI=1S/C49H32N6/c1-5-17-33(18-6-1)37-25-15-27-39(31-37)45-50-46(40-28-16-26-38(32-40)34-19-7-2-8-20-34)52-47(51-45)43-41-29-13-14-30-42(41)49-54-44(35-21-9-3-10-22-35)53-48(55(43)49)36-23-11-4-12-24-36/h1-32H. The first-order chi connectivity index (χ1) is 27.3. The third-order valence-electron chi connectivity index (χ3n) is 9.86.